The van der Waals surface area contributed by atoms with Crippen molar-refractivity contribution in [2.75, 3.05) is 32.1 Å². The second kappa shape index (κ2) is 10.8. The Labute approximate surface area is 207 Å². The van der Waals surface area contributed by atoms with Crippen molar-refractivity contribution >= 4 is 27.6 Å². The molecule has 9 nitrogen and oxygen atoms in total. The maximum Gasteiger partial charge on any atom is 0.341 e. The van der Waals surface area contributed by atoms with Gasteiger partial charge in [-0.2, -0.15) is 4.31 Å². The fraction of sp³-hybridized carbons (Fsp3) is 0.520. The number of methoxy groups -OCH3 is 1. The molecule has 0 saturated carbocycles. The number of nitrogens with one attached hydrogen (secondary N) is 1. The van der Waals surface area contributed by atoms with Crippen molar-refractivity contribution in [1.82, 2.24) is 8.87 Å². The number of nitrogens with zero attached hydrogens (tertiary/aromatic N) is 2. The minimum absolute atomic E-state index is 0.0281. The number of benzene rings is 1. The second-order valence-corrected chi connectivity index (χ2v) is 10.6. The number of esters is 1. The van der Waals surface area contributed by atoms with E-state index in [4.69, 9.17) is 9.47 Å². The van der Waals surface area contributed by atoms with Gasteiger partial charge in [-0.25, -0.2) is 13.2 Å². The molecule has 1 aromatic carbocycles. The van der Waals surface area contributed by atoms with Crippen LogP contribution in [0.5, 0.6) is 5.75 Å². The van der Waals surface area contributed by atoms with Gasteiger partial charge in [0.1, 0.15) is 16.2 Å². The molecular weight excluding hydrogens is 470 g/mol. The third-order valence-corrected chi connectivity index (χ3v) is 8.52. The standard InChI is InChI=1S/C25H35N3O6S/c1-7-28-17(4)22(25(30)34-8-2)23(18(28)5)35(31,32)27-13-9-10-19(15-27)24(29)26-20-14-16(3)11-12-21(20)33-6/h11-12,14,19H,7-10,13,15H2,1-6H3,(H,26,29)/t19-/m1/s1. The average molecular weight is 506 g/mol. The van der Waals surface area contributed by atoms with E-state index < -0.39 is 21.9 Å². The zero-order chi connectivity index (χ0) is 25.9. The van der Waals surface area contributed by atoms with E-state index >= 15 is 0 Å². The predicted molar refractivity (Wildman–Crippen MR) is 133 cm³/mol. The van der Waals surface area contributed by atoms with Crippen LogP contribution in [0.1, 0.15) is 54.0 Å². The molecule has 1 saturated heterocycles. The number of rotatable bonds is 8. The van der Waals surface area contributed by atoms with Gasteiger partial charge in [-0.3, -0.25) is 4.79 Å². The topological polar surface area (TPSA) is 107 Å². The van der Waals surface area contributed by atoms with Gasteiger partial charge in [0.25, 0.3) is 0 Å². The highest BCUT2D eigenvalue weighted by molar-refractivity contribution is 7.89. The van der Waals surface area contributed by atoms with Gasteiger partial charge in [-0.05, 0) is 65.2 Å². The van der Waals surface area contributed by atoms with Gasteiger partial charge in [0.2, 0.25) is 15.9 Å². The van der Waals surface area contributed by atoms with E-state index in [0.717, 1.165) is 5.56 Å². The summed E-state index contributed by atoms with van der Waals surface area (Å²) in [6.45, 7) is 9.88. The quantitative estimate of drug-likeness (QED) is 0.549. The van der Waals surface area contributed by atoms with E-state index in [0.29, 0.717) is 42.2 Å². The minimum atomic E-state index is -4.05. The molecule has 35 heavy (non-hydrogen) atoms. The Hall–Kier alpha value is -2.85. The van der Waals surface area contributed by atoms with Crippen LogP contribution >= 0.6 is 0 Å². The molecule has 0 aliphatic carbocycles. The van der Waals surface area contributed by atoms with Crippen LogP contribution in [-0.4, -0.2) is 56.0 Å². The molecule has 2 heterocycles. The molecule has 0 spiro atoms. The molecule has 0 radical (unpaired) electrons. The van der Waals surface area contributed by atoms with Crippen molar-refractivity contribution < 1.29 is 27.5 Å². The summed E-state index contributed by atoms with van der Waals surface area (Å²) < 4.78 is 41.3. The van der Waals surface area contributed by atoms with Crippen LogP contribution in [-0.2, 0) is 26.1 Å². The first-order chi connectivity index (χ1) is 16.6. The first-order valence-electron chi connectivity index (χ1n) is 11.9. The van der Waals surface area contributed by atoms with Crippen molar-refractivity contribution in [3.05, 3.63) is 40.7 Å². The lowest BCUT2D eigenvalue weighted by Crippen LogP contribution is -2.44. The van der Waals surface area contributed by atoms with Crippen molar-refractivity contribution in [2.24, 2.45) is 5.92 Å². The monoisotopic (exact) mass is 505 g/mol. The summed E-state index contributed by atoms with van der Waals surface area (Å²) in [5.74, 6) is -0.921. The first-order valence-corrected chi connectivity index (χ1v) is 13.3. The zero-order valence-electron chi connectivity index (χ0n) is 21.3. The van der Waals surface area contributed by atoms with Crippen LogP contribution in [0.15, 0.2) is 23.1 Å². The number of aromatic nitrogens is 1. The van der Waals surface area contributed by atoms with E-state index in [1.165, 1.54) is 11.4 Å². The summed E-state index contributed by atoms with van der Waals surface area (Å²) in [6, 6.07) is 5.49. The summed E-state index contributed by atoms with van der Waals surface area (Å²) in [5, 5.41) is 2.90. The van der Waals surface area contributed by atoms with Crippen molar-refractivity contribution in [2.45, 2.75) is 58.9 Å². The number of carbonyl (C=O) groups is 2. The van der Waals surface area contributed by atoms with Crippen molar-refractivity contribution in [3.8, 4) is 5.75 Å². The van der Waals surface area contributed by atoms with E-state index in [1.807, 2.05) is 26.0 Å². The molecule has 0 bridgehead atoms. The molecule has 1 aromatic heterocycles. The third kappa shape index (κ3) is 5.23. The molecule has 1 fully saturated rings. The molecule has 1 amide bonds. The SMILES string of the molecule is CCOC(=O)c1c(S(=O)(=O)N2CCC[C@@H](C(=O)Nc3cc(C)ccc3OC)C2)c(C)n(CC)c1C. The fourth-order valence-electron chi connectivity index (χ4n) is 4.75. The maximum absolute atomic E-state index is 13.8. The third-order valence-electron chi connectivity index (χ3n) is 6.49. The molecule has 10 heteroatoms. The van der Waals surface area contributed by atoms with Gasteiger partial charge in [0.15, 0.2) is 0 Å². The molecule has 3 rings (SSSR count). The highest BCUT2D eigenvalue weighted by atomic mass is 32.2. The van der Waals surface area contributed by atoms with E-state index in [9.17, 15) is 18.0 Å². The van der Waals surface area contributed by atoms with Crippen LogP contribution in [0.25, 0.3) is 0 Å². The summed E-state index contributed by atoms with van der Waals surface area (Å²) in [5.41, 5.74) is 2.63. The van der Waals surface area contributed by atoms with Crippen molar-refractivity contribution in [1.29, 1.82) is 0 Å². The molecule has 1 atom stereocenters. The van der Waals surface area contributed by atoms with E-state index in [1.54, 1.807) is 31.4 Å². The zero-order valence-corrected chi connectivity index (χ0v) is 22.1. The number of carbonyl (C=O) groups excluding carboxylic acids is 2. The lowest BCUT2D eigenvalue weighted by atomic mass is 9.98. The lowest BCUT2D eigenvalue weighted by molar-refractivity contribution is -0.120. The molecule has 1 aliphatic rings. The summed E-state index contributed by atoms with van der Waals surface area (Å²) >= 11 is 0. The van der Waals surface area contributed by atoms with Crippen molar-refractivity contribution in [3.63, 3.8) is 0 Å². The number of aryl methyl sites for hydroxylation is 1. The molecule has 192 valence electrons. The van der Waals surface area contributed by atoms with Gasteiger partial charge in [0, 0.05) is 31.0 Å². The Balaban J connectivity index is 1.92. The van der Waals surface area contributed by atoms with Crippen LogP contribution < -0.4 is 10.1 Å². The minimum Gasteiger partial charge on any atom is -0.495 e. The summed E-state index contributed by atoms with van der Waals surface area (Å²) in [4.78, 5) is 25.9. The van der Waals surface area contributed by atoms with E-state index in [2.05, 4.69) is 5.32 Å². The van der Waals surface area contributed by atoms with Crippen LogP contribution in [0.3, 0.4) is 0 Å². The van der Waals surface area contributed by atoms with E-state index in [-0.39, 0.29) is 36.1 Å². The fourth-order valence-corrected chi connectivity index (χ4v) is 6.72. The number of ether oxygens (including phenoxy) is 2. The number of sulfonamides is 1. The number of hydrogen-bond acceptors (Lipinski definition) is 6. The molecular formula is C25H35N3O6S. The molecule has 1 aliphatic heterocycles. The largest absolute Gasteiger partial charge is 0.495 e. The molecule has 2 aromatic rings. The normalized spacial score (nSPS) is 16.7. The van der Waals surface area contributed by atoms with Gasteiger partial charge in [-0.15, -0.1) is 0 Å². The second-order valence-electron chi connectivity index (χ2n) is 8.73. The Morgan fingerprint density at radius 1 is 1.14 bits per heavy atom. The average Bonchev–Trinajstić information content (AvgIpc) is 3.09. The highest BCUT2D eigenvalue weighted by Gasteiger charge is 2.39. The van der Waals surface area contributed by atoms with Crippen LogP contribution in [0.2, 0.25) is 0 Å². The summed E-state index contributed by atoms with van der Waals surface area (Å²) in [6.07, 6.45) is 1.09. The van der Waals surface area contributed by atoms with Gasteiger partial charge >= 0.3 is 5.97 Å². The number of piperidine rings is 1. The Bertz CT molecular complexity index is 1220. The highest BCUT2D eigenvalue weighted by Crippen LogP contribution is 2.33. The Kier molecular flexibility index (Phi) is 8.27. The lowest BCUT2D eigenvalue weighted by Gasteiger charge is -2.31. The Morgan fingerprint density at radius 3 is 2.49 bits per heavy atom. The number of amides is 1. The smallest absolute Gasteiger partial charge is 0.341 e. The molecule has 0 unspecified atom stereocenters. The first kappa shape index (κ1) is 26.7. The summed E-state index contributed by atoms with van der Waals surface area (Å²) in [7, 11) is -2.52. The number of anilines is 1. The van der Waals surface area contributed by atoms with Crippen LogP contribution in [0.4, 0.5) is 5.69 Å². The van der Waals surface area contributed by atoms with Gasteiger partial charge in [0.05, 0.1) is 25.3 Å². The van der Waals surface area contributed by atoms with Gasteiger partial charge < -0.3 is 19.4 Å². The van der Waals surface area contributed by atoms with Gasteiger partial charge in [-0.1, -0.05) is 6.07 Å². The Morgan fingerprint density at radius 2 is 1.86 bits per heavy atom. The van der Waals surface area contributed by atoms with Crippen LogP contribution in [0, 0.1) is 26.7 Å². The maximum atomic E-state index is 13.8. The predicted octanol–water partition coefficient (Wildman–Crippen LogP) is 3.66. The number of hydrogen-bond donors (Lipinski definition) is 1. The molecule has 1 N–H and O–H groups in total.